The average Bonchev–Trinajstić information content (AvgIpc) is 3.42. The van der Waals surface area contributed by atoms with Crippen LogP contribution in [-0.2, 0) is 20.9 Å². The molecule has 0 aromatic heterocycles. The molecule has 174 valence electrons. The minimum atomic E-state index is -2.09. The van der Waals surface area contributed by atoms with Gasteiger partial charge in [0, 0.05) is 11.1 Å². The van der Waals surface area contributed by atoms with E-state index in [-0.39, 0.29) is 17.7 Å². The first kappa shape index (κ1) is 21.6. The molecule has 2 saturated heterocycles. The summed E-state index contributed by atoms with van der Waals surface area (Å²) >= 11 is 0. The number of imide groups is 1. The Morgan fingerprint density at radius 3 is 2.03 bits per heavy atom. The Morgan fingerprint density at radius 2 is 1.43 bits per heavy atom. The minimum Gasteiger partial charge on any atom is -0.349 e. The number of carbonyl (C=O) groups excluding carboxylic acids is 4. The van der Waals surface area contributed by atoms with Crippen molar-refractivity contribution in [3.05, 3.63) is 106 Å². The van der Waals surface area contributed by atoms with Gasteiger partial charge in [0.1, 0.15) is 5.82 Å². The zero-order valence-corrected chi connectivity index (χ0v) is 18.7. The first-order valence-electron chi connectivity index (χ1n) is 11.4. The third-order valence-corrected chi connectivity index (χ3v) is 7.27. The molecule has 35 heavy (non-hydrogen) atoms. The molecular formula is C28H20FNO5. The van der Waals surface area contributed by atoms with Crippen LogP contribution in [0.1, 0.15) is 43.5 Å². The lowest BCUT2D eigenvalue weighted by atomic mass is 9.77. The van der Waals surface area contributed by atoms with E-state index in [1.807, 2.05) is 19.1 Å². The highest BCUT2D eigenvalue weighted by atomic mass is 19.1. The third kappa shape index (κ3) is 2.91. The highest BCUT2D eigenvalue weighted by Gasteiger charge is 2.74. The highest BCUT2D eigenvalue weighted by molar-refractivity contribution is 6.35. The number of nitrogens with zero attached hydrogens (tertiary/aromatic N) is 1. The van der Waals surface area contributed by atoms with E-state index in [2.05, 4.69) is 0 Å². The number of carbonyl (C=O) groups is 4. The second-order valence-corrected chi connectivity index (χ2v) is 9.28. The van der Waals surface area contributed by atoms with E-state index >= 15 is 0 Å². The van der Waals surface area contributed by atoms with Gasteiger partial charge in [0.05, 0.1) is 24.5 Å². The number of amides is 2. The first-order chi connectivity index (χ1) is 16.8. The maximum Gasteiger partial charge on any atom is 0.237 e. The van der Waals surface area contributed by atoms with Gasteiger partial charge in [-0.25, -0.2) is 4.39 Å². The molecule has 2 amide bonds. The van der Waals surface area contributed by atoms with Crippen molar-refractivity contribution in [1.82, 2.24) is 4.90 Å². The van der Waals surface area contributed by atoms with E-state index in [4.69, 9.17) is 4.74 Å². The van der Waals surface area contributed by atoms with Crippen molar-refractivity contribution in [3.63, 3.8) is 0 Å². The molecule has 3 aliphatic rings. The number of hydrogen-bond acceptors (Lipinski definition) is 5. The van der Waals surface area contributed by atoms with Crippen LogP contribution >= 0.6 is 0 Å². The van der Waals surface area contributed by atoms with Crippen molar-refractivity contribution in [2.24, 2.45) is 11.8 Å². The summed E-state index contributed by atoms with van der Waals surface area (Å²) in [5.74, 6) is -5.07. The molecule has 2 aliphatic heterocycles. The van der Waals surface area contributed by atoms with Crippen LogP contribution in [0.3, 0.4) is 0 Å². The van der Waals surface area contributed by atoms with Gasteiger partial charge >= 0.3 is 0 Å². The largest absolute Gasteiger partial charge is 0.349 e. The fourth-order valence-corrected chi connectivity index (χ4v) is 5.56. The summed E-state index contributed by atoms with van der Waals surface area (Å²) in [7, 11) is 0. The number of ketones is 2. The van der Waals surface area contributed by atoms with Crippen molar-refractivity contribution in [2.75, 3.05) is 0 Å². The third-order valence-electron chi connectivity index (χ3n) is 7.27. The highest BCUT2D eigenvalue weighted by Crippen LogP contribution is 2.57. The van der Waals surface area contributed by atoms with Gasteiger partial charge in [-0.15, -0.1) is 0 Å². The molecule has 0 bridgehead atoms. The number of rotatable bonds is 3. The Balaban J connectivity index is 1.48. The molecule has 6 nitrogen and oxygen atoms in total. The average molecular weight is 469 g/mol. The molecule has 3 aromatic carbocycles. The van der Waals surface area contributed by atoms with Gasteiger partial charge in [-0.3, -0.25) is 24.1 Å². The van der Waals surface area contributed by atoms with Gasteiger partial charge < -0.3 is 4.74 Å². The van der Waals surface area contributed by atoms with E-state index in [9.17, 15) is 23.6 Å². The van der Waals surface area contributed by atoms with Crippen LogP contribution in [0.5, 0.6) is 0 Å². The quantitative estimate of drug-likeness (QED) is 0.430. The monoisotopic (exact) mass is 469 g/mol. The van der Waals surface area contributed by atoms with Gasteiger partial charge in [-0.1, -0.05) is 66.2 Å². The molecular weight excluding hydrogens is 449 g/mol. The summed E-state index contributed by atoms with van der Waals surface area (Å²) in [4.78, 5) is 55.9. The SMILES string of the molecule is Cc1ccc([C@@H]2OC3(C(=O)c4ccccc4C3=O)[C@H]3C(=O)N(Cc4ccc(F)cc4)C(=O)[C@@H]23)cc1. The van der Waals surface area contributed by atoms with Crippen LogP contribution in [0.15, 0.2) is 72.8 Å². The molecule has 1 spiro atoms. The van der Waals surface area contributed by atoms with Crippen LogP contribution in [0.2, 0.25) is 0 Å². The fraction of sp³-hybridized carbons (Fsp3) is 0.214. The number of aryl methyl sites for hydroxylation is 1. The van der Waals surface area contributed by atoms with Crippen molar-refractivity contribution < 1.29 is 28.3 Å². The van der Waals surface area contributed by atoms with Gasteiger partial charge in [-0.05, 0) is 30.2 Å². The smallest absolute Gasteiger partial charge is 0.237 e. The van der Waals surface area contributed by atoms with Gasteiger partial charge in [-0.2, -0.15) is 0 Å². The number of ether oxygens (including phenoxy) is 1. The molecule has 2 fully saturated rings. The topological polar surface area (TPSA) is 80.8 Å². The van der Waals surface area contributed by atoms with Crippen LogP contribution in [0.25, 0.3) is 0 Å². The predicted molar refractivity (Wildman–Crippen MR) is 122 cm³/mol. The molecule has 1 aliphatic carbocycles. The molecule has 0 saturated carbocycles. The molecule has 0 unspecified atom stereocenters. The van der Waals surface area contributed by atoms with Crippen molar-refractivity contribution in [1.29, 1.82) is 0 Å². The molecule has 0 N–H and O–H groups in total. The standard InChI is InChI=1S/C28H20FNO5/c1-15-6-10-17(11-7-15)23-21-22(27(34)30(26(21)33)14-16-8-12-18(29)13-9-16)28(35-23)24(31)19-4-2-3-5-20(19)25(28)32/h2-13,21-23H,14H2,1H3/t21-,22-,23+/m1/s1. The lowest BCUT2D eigenvalue weighted by molar-refractivity contribution is -0.145. The molecule has 3 aromatic rings. The lowest BCUT2D eigenvalue weighted by Crippen LogP contribution is -2.50. The Morgan fingerprint density at radius 1 is 0.829 bits per heavy atom. The maximum atomic E-state index is 13.7. The molecule has 2 heterocycles. The first-order valence-corrected chi connectivity index (χ1v) is 11.4. The number of benzene rings is 3. The van der Waals surface area contributed by atoms with Gasteiger partial charge in [0.25, 0.3) is 0 Å². The van der Waals surface area contributed by atoms with E-state index in [1.54, 1.807) is 36.4 Å². The molecule has 6 rings (SSSR count). The molecule has 7 heteroatoms. The van der Waals surface area contributed by atoms with Crippen molar-refractivity contribution >= 4 is 23.4 Å². The predicted octanol–water partition coefficient (Wildman–Crippen LogP) is 3.82. The summed E-state index contributed by atoms with van der Waals surface area (Å²) in [5.41, 5.74) is 0.459. The number of fused-ring (bicyclic) bond motifs is 3. The summed E-state index contributed by atoms with van der Waals surface area (Å²) in [6.45, 7) is 1.83. The lowest BCUT2D eigenvalue weighted by Gasteiger charge is -2.27. The van der Waals surface area contributed by atoms with Crippen LogP contribution < -0.4 is 0 Å². The van der Waals surface area contributed by atoms with Crippen LogP contribution in [0, 0.1) is 24.6 Å². The number of Topliss-reactive ketones (excluding diaryl/α,β-unsaturated/α-hetero) is 2. The second kappa shape index (κ2) is 7.52. The number of likely N-dealkylation sites (tertiary alicyclic amines) is 1. The summed E-state index contributed by atoms with van der Waals surface area (Å²) < 4.78 is 19.6. The summed E-state index contributed by atoms with van der Waals surface area (Å²) in [5, 5.41) is 0. The Kier molecular flexibility index (Phi) is 4.63. The maximum absolute atomic E-state index is 13.7. The molecule has 0 radical (unpaired) electrons. The van der Waals surface area contributed by atoms with Crippen molar-refractivity contribution in [2.45, 2.75) is 25.2 Å². The fourth-order valence-electron chi connectivity index (χ4n) is 5.56. The number of hydrogen-bond donors (Lipinski definition) is 0. The van der Waals surface area contributed by atoms with E-state index in [0.29, 0.717) is 11.1 Å². The Hall–Kier alpha value is -3.97. The zero-order chi connectivity index (χ0) is 24.5. The van der Waals surface area contributed by atoms with Crippen molar-refractivity contribution in [3.8, 4) is 0 Å². The zero-order valence-electron chi connectivity index (χ0n) is 18.7. The summed E-state index contributed by atoms with van der Waals surface area (Å²) in [6, 6.07) is 19.1. The van der Waals surface area contributed by atoms with E-state index in [1.165, 1.54) is 24.3 Å². The Bertz CT molecular complexity index is 1380. The normalized spacial score (nSPS) is 24.4. The van der Waals surface area contributed by atoms with E-state index < -0.39 is 52.7 Å². The summed E-state index contributed by atoms with van der Waals surface area (Å²) in [6.07, 6.45) is -0.947. The van der Waals surface area contributed by atoms with Crippen LogP contribution in [-0.4, -0.2) is 33.9 Å². The Labute approximate surface area is 200 Å². The van der Waals surface area contributed by atoms with Gasteiger partial charge in [0.15, 0.2) is 0 Å². The second-order valence-electron chi connectivity index (χ2n) is 9.28. The minimum absolute atomic E-state index is 0.0863. The van der Waals surface area contributed by atoms with Crippen LogP contribution in [0.4, 0.5) is 4.39 Å². The van der Waals surface area contributed by atoms with Gasteiger partial charge in [0.2, 0.25) is 29.0 Å². The van der Waals surface area contributed by atoms with E-state index in [0.717, 1.165) is 10.5 Å². The molecule has 3 atom stereocenters. The number of halogens is 1.